The highest BCUT2D eigenvalue weighted by Crippen LogP contribution is 2.31. The highest BCUT2D eigenvalue weighted by molar-refractivity contribution is 7.90. The molecule has 8 heteroatoms. The largest absolute Gasteiger partial charge is 0.459 e. The zero-order valence-electron chi connectivity index (χ0n) is 18.0. The molecular formula is C23H27N3O4S. The molecule has 0 saturated heterocycles. The van der Waals surface area contributed by atoms with E-state index in [1.54, 1.807) is 27.8 Å². The summed E-state index contributed by atoms with van der Waals surface area (Å²) < 4.78 is 33.4. The third-order valence-corrected chi connectivity index (χ3v) is 7.00. The second kappa shape index (κ2) is 8.34. The molecule has 164 valence electrons. The number of benzene rings is 1. The van der Waals surface area contributed by atoms with Crippen LogP contribution in [0.3, 0.4) is 0 Å². The van der Waals surface area contributed by atoms with Gasteiger partial charge in [0, 0.05) is 12.1 Å². The Balaban J connectivity index is 1.64. The van der Waals surface area contributed by atoms with Crippen molar-refractivity contribution in [3.63, 3.8) is 0 Å². The van der Waals surface area contributed by atoms with Gasteiger partial charge in [0.2, 0.25) is 15.0 Å². The average Bonchev–Trinajstić information content (AvgIpc) is 3.23. The van der Waals surface area contributed by atoms with Crippen molar-refractivity contribution in [2.45, 2.75) is 63.2 Å². The van der Waals surface area contributed by atoms with Crippen molar-refractivity contribution in [3.8, 4) is 0 Å². The number of nitrogens with zero attached hydrogens (tertiary/aromatic N) is 3. The van der Waals surface area contributed by atoms with Gasteiger partial charge in [0.15, 0.2) is 5.76 Å². The van der Waals surface area contributed by atoms with E-state index in [-0.39, 0.29) is 41.2 Å². The number of aryl methyl sites for hydroxylation is 1. The molecule has 1 amide bonds. The fourth-order valence-corrected chi connectivity index (χ4v) is 5.32. The minimum Gasteiger partial charge on any atom is -0.459 e. The molecule has 31 heavy (non-hydrogen) atoms. The number of sulfone groups is 1. The highest BCUT2D eigenvalue weighted by Gasteiger charge is 2.35. The number of imidazole rings is 1. The lowest BCUT2D eigenvalue weighted by Gasteiger charge is -2.23. The van der Waals surface area contributed by atoms with E-state index in [9.17, 15) is 13.2 Å². The van der Waals surface area contributed by atoms with Crippen molar-refractivity contribution in [1.29, 1.82) is 0 Å². The Morgan fingerprint density at radius 1 is 1.23 bits per heavy atom. The summed E-state index contributed by atoms with van der Waals surface area (Å²) in [7, 11) is -3.66. The molecule has 0 unspecified atom stereocenters. The third kappa shape index (κ3) is 4.58. The number of carbonyl (C=O) groups excluding carboxylic acids is 1. The summed E-state index contributed by atoms with van der Waals surface area (Å²) >= 11 is 0. The van der Waals surface area contributed by atoms with Crippen LogP contribution in [-0.2, 0) is 22.1 Å². The van der Waals surface area contributed by atoms with E-state index in [2.05, 4.69) is 4.98 Å². The van der Waals surface area contributed by atoms with Crippen molar-refractivity contribution in [2.75, 3.05) is 0 Å². The Bertz CT molecular complexity index is 1160. The number of rotatable bonds is 8. The smallest absolute Gasteiger partial charge is 0.290 e. The quantitative estimate of drug-likeness (QED) is 0.524. The number of hydrogen-bond acceptors (Lipinski definition) is 5. The number of furan rings is 1. The molecule has 0 aliphatic heterocycles. The standard InChI is InChI=1S/C23H27N3O4S/c1-16(2)26-20(14-25(19-10-11-19)22(27)21-5-4-12-30-21)13-24-23(26)31(28,29)15-18-8-6-17(3)7-9-18/h4-9,12-13,16,19H,10-11,14-15H2,1-3H3. The zero-order chi connectivity index (χ0) is 22.2. The molecular weight excluding hydrogens is 414 g/mol. The van der Waals surface area contributed by atoms with Gasteiger partial charge in [0.1, 0.15) is 0 Å². The number of carbonyl (C=O) groups is 1. The Morgan fingerprint density at radius 3 is 2.52 bits per heavy atom. The number of hydrogen-bond donors (Lipinski definition) is 0. The summed E-state index contributed by atoms with van der Waals surface area (Å²) in [4.78, 5) is 19.0. The van der Waals surface area contributed by atoms with Gasteiger partial charge in [0.05, 0.1) is 30.5 Å². The zero-order valence-corrected chi connectivity index (χ0v) is 18.8. The van der Waals surface area contributed by atoms with Gasteiger partial charge in [-0.05, 0) is 51.3 Å². The summed E-state index contributed by atoms with van der Waals surface area (Å²) in [6.07, 6.45) is 4.92. The van der Waals surface area contributed by atoms with Gasteiger partial charge < -0.3 is 13.9 Å². The van der Waals surface area contributed by atoms with Gasteiger partial charge in [-0.2, -0.15) is 0 Å². The van der Waals surface area contributed by atoms with Crippen LogP contribution in [0, 0.1) is 6.92 Å². The maximum Gasteiger partial charge on any atom is 0.290 e. The van der Waals surface area contributed by atoms with Crippen LogP contribution in [-0.4, -0.2) is 34.8 Å². The predicted molar refractivity (Wildman–Crippen MR) is 116 cm³/mol. The van der Waals surface area contributed by atoms with E-state index in [4.69, 9.17) is 4.42 Å². The van der Waals surface area contributed by atoms with E-state index in [0.29, 0.717) is 5.69 Å². The molecule has 0 N–H and O–H groups in total. The number of amides is 1. The third-order valence-electron chi connectivity index (χ3n) is 5.42. The monoisotopic (exact) mass is 441 g/mol. The molecule has 0 bridgehead atoms. The van der Waals surface area contributed by atoms with Crippen LogP contribution in [0.5, 0.6) is 0 Å². The van der Waals surface area contributed by atoms with Crippen LogP contribution >= 0.6 is 0 Å². The van der Waals surface area contributed by atoms with Crippen LogP contribution in [0.25, 0.3) is 0 Å². The van der Waals surface area contributed by atoms with Gasteiger partial charge in [-0.25, -0.2) is 13.4 Å². The minimum absolute atomic E-state index is 0.0410. The van der Waals surface area contributed by atoms with Crippen molar-refractivity contribution in [1.82, 2.24) is 14.5 Å². The molecule has 7 nitrogen and oxygen atoms in total. The molecule has 1 saturated carbocycles. The second-order valence-electron chi connectivity index (χ2n) is 8.38. The molecule has 1 aliphatic rings. The first kappa shape index (κ1) is 21.4. The van der Waals surface area contributed by atoms with Crippen molar-refractivity contribution in [3.05, 3.63) is 71.4 Å². The van der Waals surface area contributed by atoms with E-state index in [1.165, 1.54) is 6.26 Å². The fourth-order valence-electron chi connectivity index (χ4n) is 3.71. The van der Waals surface area contributed by atoms with Crippen LogP contribution in [0.15, 0.2) is 58.4 Å². The highest BCUT2D eigenvalue weighted by atomic mass is 32.2. The maximum atomic E-state index is 13.2. The first-order chi connectivity index (χ1) is 14.8. The van der Waals surface area contributed by atoms with Crippen molar-refractivity contribution in [2.24, 2.45) is 0 Å². The van der Waals surface area contributed by atoms with E-state index >= 15 is 0 Å². The molecule has 0 radical (unpaired) electrons. The summed E-state index contributed by atoms with van der Waals surface area (Å²) in [6, 6.07) is 10.8. The topological polar surface area (TPSA) is 85.4 Å². The molecule has 0 spiro atoms. The maximum absolute atomic E-state index is 13.2. The van der Waals surface area contributed by atoms with Gasteiger partial charge in [-0.1, -0.05) is 29.8 Å². The van der Waals surface area contributed by atoms with Crippen molar-refractivity contribution >= 4 is 15.7 Å². The van der Waals surface area contributed by atoms with Crippen LogP contribution in [0.2, 0.25) is 0 Å². The predicted octanol–water partition coefficient (Wildman–Crippen LogP) is 4.14. The first-order valence-electron chi connectivity index (χ1n) is 10.4. The average molecular weight is 442 g/mol. The lowest BCUT2D eigenvalue weighted by atomic mass is 10.2. The fraction of sp³-hybridized carbons (Fsp3) is 0.391. The normalized spacial score (nSPS) is 14.2. The molecule has 1 aliphatic carbocycles. The summed E-state index contributed by atoms with van der Waals surface area (Å²) in [5, 5.41) is 0.0410. The first-order valence-corrected chi connectivity index (χ1v) is 12.1. The van der Waals surface area contributed by atoms with Gasteiger partial charge in [0.25, 0.3) is 5.91 Å². The molecule has 1 fully saturated rings. The van der Waals surface area contributed by atoms with E-state index < -0.39 is 9.84 Å². The molecule has 2 heterocycles. The molecule has 4 rings (SSSR count). The Kier molecular flexibility index (Phi) is 5.75. The van der Waals surface area contributed by atoms with Gasteiger partial charge >= 0.3 is 0 Å². The molecule has 0 atom stereocenters. The Hall–Kier alpha value is -2.87. The number of aromatic nitrogens is 2. The molecule has 2 aromatic heterocycles. The van der Waals surface area contributed by atoms with E-state index in [1.807, 2.05) is 45.0 Å². The van der Waals surface area contributed by atoms with Gasteiger partial charge in [-0.15, -0.1) is 0 Å². The summed E-state index contributed by atoms with van der Waals surface area (Å²) in [5.41, 5.74) is 2.50. The van der Waals surface area contributed by atoms with Gasteiger partial charge in [-0.3, -0.25) is 4.79 Å². The summed E-state index contributed by atoms with van der Waals surface area (Å²) in [6.45, 7) is 6.10. The second-order valence-corrected chi connectivity index (χ2v) is 10.3. The lowest BCUT2D eigenvalue weighted by molar-refractivity contribution is 0.0692. The molecule has 3 aromatic rings. The molecule has 1 aromatic carbocycles. The Morgan fingerprint density at radius 2 is 1.94 bits per heavy atom. The van der Waals surface area contributed by atoms with Crippen LogP contribution in [0.4, 0.5) is 0 Å². The summed E-state index contributed by atoms with van der Waals surface area (Å²) in [5.74, 6) is -0.0171. The SMILES string of the molecule is Cc1ccc(CS(=O)(=O)c2ncc(CN(C(=O)c3ccco3)C3CC3)n2C(C)C)cc1. The minimum atomic E-state index is -3.66. The van der Waals surface area contributed by atoms with E-state index in [0.717, 1.165) is 24.0 Å². The van der Waals surface area contributed by atoms with Crippen LogP contribution in [0.1, 0.15) is 60.1 Å². The Labute approximate surface area is 182 Å². The van der Waals surface area contributed by atoms with Crippen molar-refractivity contribution < 1.29 is 17.6 Å². The lowest BCUT2D eigenvalue weighted by Crippen LogP contribution is -2.33. The van der Waals surface area contributed by atoms with Crippen LogP contribution < -0.4 is 0 Å².